The number of fused-ring (bicyclic) bond motifs is 1. The average molecular weight is 284 g/mol. The Labute approximate surface area is 119 Å². The second-order valence-electron chi connectivity index (χ2n) is 4.52. The molecule has 0 N–H and O–H groups in total. The van der Waals surface area contributed by atoms with Crippen LogP contribution in [0.3, 0.4) is 0 Å². The van der Waals surface area contributed by atoms with Crippen LogP contribution < -0.4 is 5.43 Å². The number of hydrogen-bond donors (Lipinski definition) is 0. The smallest absolute Gasteiger partial charge is 0.193 e. The predicted molar refractivity (Wildman–Crippen MR) is 77.8 cm³/mol. The van der Waals surface area contributed by atoms with E-state index < -0.39 is 11.6 Å². The fourth-order valence-corrected chi connectivity index (χ4v) is 2.00. The molecule has 0 aliphatic carbocycles. The maximum Gasteiger partial charge on any atom is 0.193 e. The Morgan fingerprint density at radius 3 is 2.52 bits per heavy atom. The van der Waals surface area contributed by atoms with Crippen LogP contribution in [0.25, 0.3) is 23.1 Å². The number of halogens is 2. The molecule has 0 fully saturated rings. The van der Waals surface area contributed by atoms with E-state index in [4.69, 9.17) is 4.42 Å². The summed E-state index contributed by atoms with van der Waals surface area (Å²) in [5, 5.41) is 0.502. The Morgan fingerprint density at radius 1 is 0.905 bits per heavy atom. The van der Waals surface area contributed by atoms with Crippen molar-refractivity contribution < 1.29 is 13.2 Å². The minimum atomic E-state index is -0.919. The molecule has 2 aromatic carbocycles. The first kappa shape index (κ1) is 13.2. The first-order valence-corrected chi connectivity index (χ1v) is 6.29. The van der Waals surface area contributed by atoms with Gasteiger partial charge in [-0.05, 0) is 35.9 Å². The molecular weight excluding hydrogens is 274 g/mol. The zero-order valence-electron chi connectivity index (χ0n) is 10.8. The minimum Gasteiger partial charge on any atom is -0.456 e. The highest BCUT2D eigenvalue weighted by Crippen LogP contribution is 2.15. The Bertz CT molecular complexity index is 895. The third kappa shape index (κ3) is 2.74. The quantitative estimate of drug-likeness (QED) is 0.704. The van der Waals surface area contributed by atoms with Crippen molar-refractivity contribution in [2.45, 2.75) is 0 Å². The topological polar surface area (TPSA) is 30.2 Å². The number of hydrogen-bond acceptors (Lipinski definition) is 2. The summed E-state index contributed by atoms with van der Waals surface area (Å²) in [4.78, 5) is 11.9. The lowest BCUT2D eigenvalue weighted by Crippen LogP contribution is -1.99. The van der Waals surface area contributed by atoms with Crippen molar-refractivity contribution in [1.29, 1.82) is 0 Å². The first-order valence-electron chi connectivity index (χ1n) is 6.29. The van der Waals surface area contributed by atoms with Gasteiger partial charge in [0.15, 0.2) is 17.1 Å². The van der Waals surface area contributed by atoms with Gasteiger partial charge in [-0.15, -0.1) is 0 Å². The number of benzene rings is 2. The van der Waals surface area contributed by atoms with E-state index in [0.717, 1.165) is 12.1 Å². The summed E-state index contributed by atoms with van der Waals surface area (Å²) < 4.78 is 31.5. The molecule has 0 amide bonds. The molecule has 0 saturated heterocycles. The summed E-state index contributed by atoms with van der Waals surface area (Å²) in [7, 11) is 0. The molecule has 104 valence electrons. The van der Waals surface area contributed by atoms with Crippen LogP contribution in [0, 0.1) is 11.6 Å². The van der Waals surface area contributed by atoms with E-state index in [1.54, 1.807) is 36.4 Å². The second-order valence-corrected chi connectivity index (χ2v) is 4.52. The zero-order chi connectivity index (χ0) is 14.8. The van der Waals surface area contributed by atoms with Crippen molar-refractivity contribution in [1.82, 2.24) is 0 Å². The van der Waals surface area contributed by atoms with Gasteiger partial charge in [0.25, 0.3) is 0 Å². The lowest BCUT2D eigenvalue weighted by molar-refractivity contribution is 0.508. The van der Waals surface area contributed by atoms with E-state index in [1.807, 2.05) is 0 Å². The fourth-order valence-electron chi connectivity index (χ4n) is 2.00. The highest BCUT2D eigenvalue weighted by molar-refractivity contribution is 5.78. The predicted octanol–water partition coefficient (Wildman–Crippen LogP) is 4.24. The summed E-state index contributed by atoms with van der Waals surface area (Å²) in [5.41, 5.74) is 0.807. The van der Waals surface area contributed by atoms with Crippen molar-refractivity contribution in [3.63, 3.8) is 0 Å². The van der Waals surface area contributed by atoms with Crippen LogP contribution in [0.5, 0.6) is 0 Å². The molecule has 0 atom stereocenters. The van der Waals surface area contributed by atoms with Crippen molar-refractivity contribution in [2.75, 3.05) is 0 Å². The maximum absolute atomic E-state index is 13.1. The van der Waals surface area contributed by atoms with Crippen LogP contribution in [0.15, 0.2) is 57.7 Å². The molecule has 21 heavy (non-hydrogen) atoms. The summed E-state index contributed by atoms with van der Waals surface area (Å²) in [6.07, 6.45) is 3.09. The number of para-hydroxylation sites is 1. The van der Waals surface area contributed by atoms with Crippen molar-refractivity contribution >= 4 is 23.1 Å². The van der Waals surface area contributed by atoms with Gasteiger partial charge in [0.05, 0.1) is 5.39 Å². The van der Waals surface area contributed by atoms with Crippen LogP contribution >= 0.6 is 0 Å². The standard InChI is InChI=1S/C17H10F2O2/c18-14-8-6-11(9-15(14)19)5-7-12-10-16(20)13-3-1-2-4-17(13)21-12/h1-10H/b7-5+. The molecule has 1 heterocycles. The largest absolute Gasteiger partial charge is 0.456 e. The Kier molecular flexibility index (Phi) is 3.36. The lowest BCUT2D eigenvalue weighted by atomic mass is 10.1. The van der Waals surface area contributed by atoms with Gasteiger partial charge < -0.3 is 4.42 Å². The average Bonchev–Trinajstić information content (AvgIpc) is 2.49. The van der Waals surface area contributed by atoms with Crippen molar-refractivity contribution in [3.8, 4) is 0 Å². The number of rotatable bonds is 2. The van der Waals surface area contributed by atoms with Crippen molar-refractivity contribution in [3.05, 3.63) is 81.7 Å². The van der Waals surface area contributed by atoms with E-state index >= 15 is 0 Å². The fraction of sp³-hybridized carbons (Fsp3) is 0. The molecule has 0 aliphatic rings. The lowest BCUT2D eigenvalue weighted by Gasteiger charge is -1.99. The van der Waals surface area contributed by atoms with E-state index in [2.05, 4.69) is 0 Å². The third-order valence-electron chi connectivity index (χ3n) is 3.04. The molecule has 0 bridgehead atoms. The summed E-state index contributed by atoms with van der Waals surface area (Å²) >= 11 is 0. The van der Waals surface area contributed by atoms with Gasteiger partial charge in [-0.2, -0.15) is 0 Å². The molecule has 3 aromatic rings. The zero-order valence-corrected chi connectivity index (χ0v) is 10.8. The molecule has 0 aliphatic heterocycles. The van der Waals surface area contributed by atoms with Crippen molar-refractivity contribution in [2.24, 2.45) is 0 Å². The monoisotopic (exact) mass is 284 g/mol. The van der Waals surface area contributed by atoms with Crippen LogP contribution in [0.1, 0.15) is 11.3 Å². The second kappa shape index (κ2) is 5.32. The molecule has 1 aromatic heterocycles. The van der Waals surface area contributed by atoms with Gasteiger partial charge in [-0.1, -0.05) is 24.3 Å². The Morgan fingerprint density at radius 2 is 1.71 bits per heavy atom. The maximum atomic E-state index is 13.1. The van der Waals surface area contributed by atoms with Gasteiger partial charge in [0, 0.05) is 6.07 Å². The Hall–Kier alpha value is -2.75. The summed E-state index contributed by atoms with van der Waals surface area (Å²) in [6.45, 7) is 0. The molecule has 0 radical (unpaired) electrons. The van der Waals surface area contributed by atoms with E-state index in [1.165, 1.54) is 12.1 Å². The molecule has 4 heteroatoms. The van der Waals surface area contributed by atoms with Crippen LogP contribution in [0.4, 0.5) is 8.78 Å². The minimum absolute atomic E-state index is 0.151. The van der Waals surface area contributed by atoms with Gasteiger partial charge in [0.2, 0.25) is 0 Å². The molecular formula is C17H10F2O2. The molecule has 2 nitrogen and oxygen atoms in total. The van der Waals surface area contributed by atoms with Gasteiger partial charge in [-0.25, -0.2) is 8.78 Å². The van der Waals surface area contributed by atoms with E-state index in [9.17, 15) is 13.6 Å². The SMILES string of the molecule is O=c1cc(/C=C/c2ccc(F)c(F)c2)oc2ccccc12. The van der Waals surface area contributed by atoms with Gasteiger partial charge >= 0.3 is 0 Å². The molecule has 0 spiro atoms. The van der Waals surface area contributed by atoms with Crippen LogP contribution in [0.2, 0.25) is 0 Å². The summed E-state index contributed by atoms with van der Waals surface area (Å²) in [5.74, 6) is -1.47. The van der Waals surface area contributed by atoms with E-state index in [0.29, 0.717) is 22.3 Å². The molecule has 0 unspecified atom stereocenters. The third-order valence-corrected chi connectivity index (χ3v) is 3.04. The Balaban J connectivity index is 1.99. The normalized spacial score (nSPS) is 11.3. The molecule has 3 rings (SSSR count). The highest BCUT2D eigenvalue weighted by atomic mass is 19.2. The summed E-state index contributed by atoms with van der Waals surface area (Å²) in [6, 6.07) is 11.8. The van der Waals surface area contributed by atoms with Gasteiger partial charge in [-0.3, -0.25) is 4.79 Å². The van der Waals surface area contributed by atoms with Gasteiger partial charge in [0.1, 0.15) is 11.3 Å². The van der Waals surface area contributed by atoms with Crippen LogP contribution in [-0.2, 0) is 0 Å². The molecule has 0 saturated carbocycles. The van der Waals surface area contributed by atoms with E-state index in [-0.39, 0.29) is 5.43 Å². The first-order chi connectivity index (χ1) is 10.1. The highest BCUT2D eigenvalue weighted by Gasteiger charge is 2.03. The van der Waals surface area contributed by atoms with Crippen LogP contribution in [-0.4, -0.2) is 0 Å².